The number of hydrogen-bond acceptors (Lipinski definition) is 4. The third-order valence-electron chi connectivity index (χ3n) is 11.0. The Morgan fingerprint density at radius 3 is 1.75 bits per heavy atom. The van der Waals surface area contributed by atoms with Gasteiger partial charge in [-0.05, 0) is 113 Å². The van der Waals surface area contributed by atoms with Crippen LogP contribution >= 0.6 is 18.5 Å². The zero-order valence-electron chi connectivity index (χ0n) is 24.9. The minimum atomic E-state index is -0.731. The van der Waals surface area contributed by atoms with Gasteiger partial charge in [-0.15, -0.1) is 18.5 Å². The lowest BCUT2D eigenvalue weighted by molar-refractivity contribution is -0.0521. The first kappa shape index (κ1) is 28.2. The van der Waals surface area contributed by atoms with E-state index >= 15 is 0 Å². The highest BCUT2D eigenvalue weighted by Crippen LogP contribution is 2.66. The summed E-state index contributed by atoms with van der Waals surface area (Å²) >= 11 is 0. The molecular weight excluding hydrogens is 574 g/mol. The normalized spacial score (nSPS) is 25.7. The van der Waals surface area contributed by atoms with Crippen LogP contribution in [0, 0.1) is 23.7 Å². The molecule has 0 spiro atoms. The van der Waals surface area contributed by atoms with E-state index < -0.39 is 5.16 Å². The van der Waals surface area contributed by atoms with Gasteiger partial charge in [0.25, 0.3) is 0 Å². The van der Waals surface area contributed by atoms with E-state index in [-0.39, 0.29) is 5.41 Å². The molecule has 2 aromatic heterocycles. The molecule has 4 bridgehead atoms. The molecule has 4 nitrogen and oxygen atoms in total. The third kappa shape index (κ3) is 4.48. The summed E-state index contributed by atoms with van der Waals surface area (Å²) in [5, 5.41) is -0.731. The maximum atomic E-state index is 4.96. The van der Waals surface area contributed by atoms with Gasteiger partial charge < -0.3 is 0 Å². The zero-order chi connectivity index (χ0) is 29.7. The van der Waals surface area contributed by atoms with Crippen LogP contribution in [0.15, 0.2) is 110 Å². The lowest BCUT2D eigenvalue weighted by Gasteiger charge is -2.62. The third-order valence-corrected chi connectivity index (χ3v) is 12.4. The van der Waals surface area contributed by atoms with Gasteiger partial charge in [-0.3, -0.25) is 19.9 Å². The van der Waals surface area contributed by atoms with Crippen molar-refractivity contribution in [2.45, 2.75) is 42.7 Å². The summed E-state index contributed by atoms with van der Waals surface area (Å²) in [6, 6.07) is 26.8. The van der Waals surface area contributed by atoms with E-state index in [1.54, 1.807) is 24.8 Å². The van der Waals surface area contributed by atoms with Crippen LogP contribution in [0.1, 0.15) is 54.6 Å². The van der Waals surface area contributed by atoms with Crippen molar-refractivity contribution in [3.05, 3.63) is 132 Å². The molecule has 0 radical (unpaired) electrons. The summed E-state index contributed by atoms with van der Waals surface area (Å²) in [4.78, 5) is 19.1. The van der Waals surface area contributed by atoms with Crippen LogP contribution in [0.25, 0.3) is 22.3 Å². The molecule has 4 fully saturated rings. The number of rotatable bonds is 7. The fourth-order valence-corrected chi connectivity index (χ4v) is 10.8. The van der Waals surface area contributed by atoms with E-state index in [0.717, 1.165) is 35.3 Å². The average Bonchev–Trinajstić information content (AvgIpc) is 3.08. The van der Waals surface area contributed by atoms with Gasteiger partial charge in [0, 0.05) is 24.8 Å². The predicted octanol–water partition coefficient (Wildman–Crippen LogP) is 8.34. The van der Waals surface area contributed by atoms with E-state index in [1.807, 2.05) is 12.4 Å². The molecule has 4 saturated carbocycles. The second kappa shape index (κ2) is 11.2. The quantitative estimate of drug-likeness (QED) is 0.174. The van der Waals surface area contributed by atoms with Crippen LogP contribution < -0.4 is 0 Å². The van der Waals surface area contributed by atoms with Gasteiger partial charge in [-0.1, -0.05) is 60.7 Å². The molecule has 5 aromatic rings. The Bertz CT molecular complexity index is 1710. The van der Waals surface area contributed by atoms with Crippen molar-refractivity contribution in [1.29, 1.82) is 0 Å². The van der Waals surface area contributed by atoms with Crippen LogP contribution in [-0.4, -0.2) is 26.1 Å². The molecule has 9 rings (SSSR count). The molecule has 5 atom stereocenters. The highest BCUT2D eigenvalue weighted by atomic mass is 31.0. The molecule has 4 aliphatic carbocycles. The van der Waals surface area contributed by atoms with Crippen LogP contribution in [0.2, 0.25) is 0 Å². The monoisotopic (exact) mass is 612 g/mol. The van der Waals surface area contributed by atoms with E-state index in [9.17, 15) is 0 Å². The molecule has 44 heavy (non-hydrogen) atoms. The number of hydrogen-bond donors (Lipinski definition) is 0. The van der Waals surface area contributed by atoms with Gasteiger partial charge >= 0.3 is 0 Å². The minimum absolute atomic E-state index is 0.0941. The molecule has 5 unspecified atom stereocenters. The van der Waals surface area contributed by atoms with Crippen molar-refractivity contribution in [2.24, 2.45) is 23.7 Å². The second-order valence-corrected chi connectivity index (χ2v) is 14.6. The number of benzene rings is 3. The summed E-state index contributed by atoms with van der Waals surface area (Å²) in [7, 11) is 6.37. The first-order chi connectivity index (χ1) is 21.6. The summed E-state index contributed by atoms with van der Waals surface area (Å²) in [5.74, 6) is 3.01. The SMILES string of the molecule is PCC1C2CC3CC(C2)CC1(c1cc(-c2ccccc2)c(-c2ccccc2)cc1C(P)(c1cnccn1)c1cnccn1)C3. The van der Waals surface area contributed by atoms with E-state index in [2.05, 4.69) is 101 Å². The average molecular weight is 613 g/mol. The van der Waals surface area contributed by atoms with Gasteiger partial charge in [0.05, 0.1) is 28.9 Å². The van der Waals surface area contributed by atoms with Crippen LogP contribution in [0.5, 0.6) is 0 Å². The Morgan fingerprint density at radius 2 is 1.25 bits per heavy atom. The Balaban J connectivity index is 1.50. The molecule has 220 valence electrons. The molecule has 4 aliphatic rings. The fourth-order valence-electron chi connectivity index (χ4n) is 9.45. The zero-order valence-corrected chi connectivity index (χ0v) is 27.2. The Labute approximate surface area is 265 Å². The lowest BCUT2D eigenvalue weighted by Crippen LogP contribution is -2.56. The molecule has 0 aliphatic heterocycles. The Hall–Kier alpha value is -3.32. The predicted molar refractivity (Wildman–Crippen MR) is 184 cm³/mol. The standard InChI is InChI=1S/C38H38N4P2/c43-24-34-29-16-25-15-26(17-29)21-37(34,20-25)32-18-30(27-7-3-1-4-8-27)31(28-9-5-2-6-10-28)19-33(32)38(44,35-22-39-11-13-41-35)36-23-40-12-14-42-36/h1-14,18-19,22-23,25-26,29,34H,15-17,20-21,24,43-44H2. The summed E-state index contributed by atoms with van der Waals surface area (Å²) in [6.45, 7) is 0. The Kier molecular flexibility index (Phi) is 7.20. The molecule has 0 N–H and O–H groups in total. The first-order valence-electron chi connectivity index (χ1n) is 15.9. The van der Waals surface area contributed by atoms with Crippen LogP contribution in [-0.2, 0) is 10.6 Å². The number of nitrogens with zero attached hydrogens (tertiary/aromatic N) is 4. The van der Waals surface area contributed by atoms with Crippen molar-refractivity contribution < 1.29 is 0 Å². The maximum absolute atomic E-state index is 4.96. The highest BCUT2D eigenvalue weighted by Gasteiger charge is 2.58. The van der Waals surface area contributed by atoms with Gasteiger partial charge in [0.15, 0.2) is 0 Å². The summed E-state index contributed by atoms with van der Waals surface area (Å²) < 4.78 is 0. The molecule has 0 amide bonds. The second-order valence-electron chi connectivity index (χ2n) is 13.3. The van der Waals surface area contributed by atoms with Crippen LogP contribution in [0.3, 0.4) is 0 Å². The van der Waals surface area contributed by atoms with Crippen molar-refractivity contribution in [2.75, 3.05) is 6.16 Å². The van der Waals surface area contributed by atoms with Crippen LogP contribution in [0.4, 0.5) is 0 Å². The van der Waals surface area contributed by atoms with Gasteiger partial charge in [0.2, 0.25) is 0 Å². The van der Waals surface area contributed by atoms with Gasteiger partial charge in [0.1, 0.15) is 0 Å². The van der Waals surface area contributed by atoms with E-state index in [0.29, 0.717) is 5.92 Å². The lowest BCUT2D eigenvalue weighted by atomic mass is 9.43. The minimum Gasteiger partial charge on any atom is -0.261 e. The van der Waals surface area contributed by atoms with Crippen molar-refractivity contribution >= 4 is 18.5 Å². The van der Waals surface area contributed by atoms with E-state index in [1.165, 1.54) is 65.5 Å². The van der Waals surface area contributed by atoms with E-state index in [4.69, 9.17) is 9.97 Å². The fraction of sp³-hybridized carbons (Fsp3) is 0.316. The largest absolute Gasteiger partial charge is 0.261 e. The highest BCUT2D eigenvalue weighted by molar-refractivity contribution is 7.19. The van der Waals surface area contributed by atoms with Crippen molar-refractivity contribution in [3.8, 4) is 22.3 Å². The van der Waals surface area contributed by atoms with Crippen molar-refractivity contribution in [3.63, 3.8) is 0 Å². The maximum Gasteiger partial charge on any atom is 0.0967 e. The van der Waals surface area contributed by atoms with Crippen molar-refractivity contribution in [1.82, 2.24) is 19.9 Å². The Morgan fingerprint density at radius 1 is 0.705 bits per heavy atom. The first-order valence-corrected chi connectivity index (χ1v) is 17.3. The topological polar surface area (TPSA) is 51.6 Å². The summed E-state index contributed by atoms with van der Waals surface area (Å²) in [6.07, 6.45) is 18.7. The molecule has 3 aromatic carbocycles. The van der Waals surface area contributed by atoms with Gasteiger partial charge in [-0.25, -0.2) is 0 Å². The molecule has 0 saturated heterocycles. The molecular formula is C38H38N4P2. The summed E-state index contributed by atoms with van der Waals surface area (Å²) in [5.41, 5.74) is 9.52. The molecule has 2 heterocycles. The smallest absolute Gasteiger partial charge is 0.0967 e. The van der Waals surface area contributed by atoms with Gasteiger partial charge in [-0.2, -0.15) is 0 Å². The molecule has 6 heteroatoms. The number of aromatic nitrogens is 4.